The minimum atomic E-state index is -0.222. The summed E-state index contributed by atoms with van der Waals surface area (Å²) in [7, 11) is 3.69. The van der Waals surface area contributed by atoms with Crippen LogP contribution in [-0.4, -0.2) is 70.7 Å². The molecule has 202 valence electrons. The van der Waals surface area contributed by atoms with Crippen molar-refractivity contribution in [2.45, 2.75) is 18.4 Å². The molecule has 1 saturated heterocycles. The number of ether oxygens (including phenoxy) is 2. The van der Waals surface area contributed by atoms with Crippen LogP contribution in [0.5, 0.6) is 11.5 Å². The maximum absolute atomic E-state index is 13.5. The summed E-state index contributed by atoms with van der Waals surface area (Å²) in [6.07, 6.45) is 9.74. The van der Waals surface area contributed by atoms with Crippen LogP contribution in [0.1, 0.15) is 22.5 Å². The Morgan fingerprint density at radius 3 is 2.90 bits per heavy atom. The lowest BCUT2D eigenvalue weighted by Gasteiger charge is -2.33. The number of carbonyl (C=O) groups excluding carboxylic acids is 1. The first-order valence-corrected chi connectivity index (χ1v) is 13.2. The van der Waals surface area contributed by atoms with Crippen molar-refractivity contribution in [2.75, 3.05) is 45.7 Å². The number of nitrogens with zero attached hydrogens (tertiary/aromatic N) is 4. The van der Waals surface area contributed by atoms with Gasteiger partial charge in [-0.1, -0.05) is 17.7 Å². The summed E-state index contributed by atoms with van der Waals surface area (Å²) >= 11 is 6.45. The molecule has 1 amide bonds. The van der Waals surface area contributed by atoms with Crippen molar-refractivity contribution >= 4 is 28.9 Å². The van der Waals surface area contributed by atoms with Gasteiger partial charge in [0.05, 0.1) is 53.8 Å². The number of benzene rings is 1. The van der Waals surface area contributed by atoms with Gasteiger partial charge in [-0.05, 0) is 38.2 Å². The zero-order chi connectivity index (χ0) is 27.0. The fraction of sp³-hybridized carbons (Fsp3) is 0.321. The van der Waals surface area contributed by atoms with Gasteiger partial charge < -0.3 is 34.6 Å². The highest BCUT2D eigenvalue weighted by molar-refractivity contribution is 6.32. The standard InChI is InChI=1S/C28H30ClN7O3/c1-35-10-7-28(16-35)15-32-27(37)22-24(33-20-5-3-4-19(29)25(20)38-2)23(34-26(22)28)18-6-8-30-14-21(18)39-13-12-36-11-9-31-17-36/h3-6,8-9,11,14,17,33-34H,7,10,12-13,15-16H2,1-2H3,(H,32,37)/t28-/m0/s1. The summed E-state index contributed by atoms with van der Waals surface area (Å²) in [5, 5.41) is 7.11. The highest BCUT2D eigenvalue weighted by Crippen LogP contribution is 2.47. The number of amides is 1. The molecule has 3 N–H and O–H groups in total. The van der Waals surface area contributed by atoms with Gasteiger partial charge in [0.15, 0.2) is 5.75 Å². The van der Waals surface area contributed by atoms with E-state index in [0.29, 0.717) is 53.2 Å². The molecule has 1 atom stereocenters. The van der Waals surface area contributed by atoms with E-state index in [0.717, 1.165) is 36.5 Å². The summed E-state index contributed by atoms with van der Waals surface area (Å²) in [4.78, 5) is 27.9. The molecule has 5 heterocycles. The quantitative estimate of drug-likeness (QED) is 0.305. The number of anilines is 2. The van der Waals surface area contributed by atoms with Crippen LogP contribution >= 0.6 is 11.6 Å². The number of H-pyrrole nitrogens is 1. The minimum absolute atomic E-state index is 0.132. The van der Waals surface area contributed by atoms with Gasteiger partial charge in [0.1, 0.15) is 12.4 Å². The van der Waals surface area contributed by atoms with Crippen LogP contribution in [0, 0.1) is 0 Å². The van der Waals surface area contributed by atoms with Gasteiger partial charge >= 0.3 is 0 Å². The van der Waals surface area contributed by atoms with Gasteiger partial charge in [0.25, 0.3) is 5.91 Å². The Balaban J connectivity index is 1.47. The Bertz CT molecular complexity index is 1500. The minimum Gasteiger partial charge on any atom is -0.493 e. The van der Waals surface area contributed by atoms with E-state index in [-0.39, 0.29) is 11.3 Å². The van der Waals surface area contributed by atoms with Crippen LogP contribution in [-0.2, 0) is 12.0 Å². The largest absolute Gasteiger partial charge is 0.493 e. The zero-order valence-electron chi connectivity index (χ0n) is 21.8. The van der Waals surface area contributed by atoms with E-state index < -0.39 is 0 Å². The van der Waals surface area contributed by atoms with Crippen molar-refractivity contribution in [1.82, 2.24) is 29.7 Å². The lowest BCUT2D eigenvalue weighted by molar-refractivity contribution is 0.0925. The third-order valence-corrected chi connectivity index (χ3v) is 7.84. The molecule has 11 heteroatoms. The van der Waals surface area contributed by atoms with Crippen molar-refractivity contribution in [2.24, 2.45) is 0 Å². The predicted octanol–water partition coefficient (Wildman–Crippen LogP) is 4.07. The second-order valence-electron chi connectivity index (χ2n) is 10.0. The summed E-state index contributed by atoms with van der Waals surface area (Å²) in [5.74, 6) is 0.973. The maximum Gasteiger partial charge on any atom is 0.255 e. The highest BCUT2D eigenvalue weighted by Gasteiger charge is 2.47. The number of methoxy groups -OCH3 is 1. The van der Waals surface area contributed by atoms with Crippen molar-refractivity contribution in [1.29, 1.82) is 0 Å². The third kappa shape index (κ3) is 4.59. The third-order valence-electron chi connectivity index (χ3n) is 7.54. The second kappa shape index (κ2) is 10.3. The number of hydrogen-bond acceptors (Lipinski definition) is 7. The Kier molecular flexibility index (Phi) is 6.66. The van der Waals surface area contributed by atoms with Crippen molar-refractivity contribution in [3.63, 3.8) is 0 Å². The number of fused-ring (bicyclic) bond motifs is 2. The zero-order valence-corrected chi connectivity index (χ0v) is 22.6. The summed E-state index contributed by atoms with van der Waals surface area (Å²) in [5.41, 5.74) is 4.13. The van der Waals surface area contributed by atoms with Gasteiger partial charge in [-0.3, -0.25) is 9.78 Å². The number of aromatic amines is 1. The van der Waals surface area contributed by atoms with E-state index in [1.807, 2.05) is 29.0 Å². The Morgan fingerprint density at radius 1 is 1.23 bits per heavy atom. The number of nitrogens with one attached hydrogen (secondary N) is 3. The topological polar surface area (TPSA) is 109 Å². The van der Waals surface area contributed by atoms with Crippen molar-refractivity contribution in [3.05, 3.63) is 71.7 Å². The molecule has 1 aromatic carbocycles. The molecule has 0 aliphatic carbocycles. The monoisotopic (exact) mass is 547 g/mol. The summed E-state index contributed by atoms with van der Waals surface area (Å²) in [6, 6.07) is 7.39. The van der Waals surface area contributed by atoms with Gasteiger partial charge in [-0.15, -0.1) is 0 Å². The van der Waals surface area contributed by atoms with Gasteiger partial charge in [0.2, 0.25) is 0 Å². The highest BCUT2D eigenvalue weighted by atomic mass is 35.5. The lowest BCUT2D eigenvalue weighted by atomic mass is 9.79. The number of likely N-dealkylation sites (N-methyl/N-ethyl adjacent to an activating group) is 1. The number of imidazole rings is 1. The molecule has 0 saturated carbocycles. The molecular weight excluding hydrogens is 518 g/mol. The van der Waals surface area contributed by atoms with E-state index in [4.69, 9.17) is 21.1 Å². The average Bonchev–Trinajstić information content (AvgIpc) is 3.67. The first-order valence-electron chi connectivity index (χ1n) is 12.8. The number of pyridine rings is 1. The van der Waals surface area contributed by atoms with Crippen LogP contribution in [0.4, 0.5) is 11.4 Å². The predicted molar refractivity (Wildman–Crippen MR) is 149 cm³/mol. The van der Waals surface area contributed by atoms with Crippen LogP contribution < -0.4 is 20.1 Å². The molecule has 6 rings (SSSR count). The molecule has 2 aliphatic rings. The molecule has 10 nitrogen and oxygen atoms in total. The second-order valence-corrected chi connectivity index (χ2v) is 10.4. The molecule has 0 bridgehead atoms. The van der Waals surface area contributed by atoms with Gasteiger partial charge in [-0.2, -0.15) is 0 Å². The molecule has 39 heavy (non-hydrogen) atoms. The molecule has 1 fully saturated rings. The normalized spacial score (nSPS) is 18.7. The Morgan fingerprint density at radius 2 is 2.13 bits per heavy atom. The number of para-hydroxylation sites is 1. The fourth-order valence-electron chi connectivity index (χ4n) is 5.64. The van der Waals surface area contributed by atoms with Crippen molar-refractivity contribution < 1.29 is 14.3 Å². The van der Waals surface area contributed by atoms with Gasteiger partial charge in [0, 0.05) is 48.4 Å². The number of halogens is 1. The molecule has 4 aromatic rings. The van der Waals surface area contributed by atoms with Crippen LogP contribution in [0.2, 0.25) is 5.02 Å². The van der Waals surface area contributed by atoms with Crippen LogP contribution in [0.15, 0.2) is 55.4 Å². The summed E-state index contributed by atoms with van der Waals surface area (Å²) in [6.45, 7) is 3.43. The first-order chi connectivity index (χ1) is 19.0. The number of rotatable bonds is 8. The summed E-state index contributed by atoms with van der Waals surface area (Å²) < 4.78 is 13.8. The average molecular weight is 548 g/mol. The molecular formula is C28H30ClN7O3. The number of aromatic nitrogens is 4. The van der Waals surface area contributed by atoms with E-state index in [9.17, 15) is 4.79 Å². The molecule has 3 aromatic heterocycles. The Labute approximate surface area is 231 Å². The van der Waals surface area contributed by atoms with E-state index >= 15 is 0 Å². The molecule has 2 aliphatic heterocycles. The molecule has 1 spiro atoms. The number of hydrogen-bond donors (Lipinski definition) is 3. The smallest absolute Gasteiger partial charge is 0.255 e. The fourth-order valence-corrected chi connectivity index (χ4v) is 5.89. The number of likely N-dealkylation sites (tertiary alicyclic amines) is 1. The van der Waals surface area contributed by atoms with Crippen molar-refractivity contribution in [3.8, 4) is 22.8 Å². The Hall–Kier alpha value is -4.02. The van der Waals surface area contributed by atoms with Gasteiger partial charge in [-0.25, -0.2) is 4.98 Å². The molecule has 0 radical (unpaired) electrons. The van der Waals surface area contributed by atoms with Crippen LogP contribution in [0.3, 0.4) is 0 Å². The van der Waals surface area contributed by atoms with E-state index in [1.165, 1.54) is 0 Å². The maximum atomic E-state index is 13.5. The first kappa shape index (κ1) is 25.3. The number of carbonyl (C=O) groups is 1. The SMILES string of the molecule is COc1c(Cl)cccc1Nc1c(-c2ccncc2OCCn2ccnc2)[nH]c2c1C(=O)NC[C@]21CCN(C)C1. The lowest BCUT2D eigenvalue weighted by Crippen LogP contribution is -2.48. The van der Waals surface area contributed by atoms with Crippen LogP contribution in [0.25, 0.3) is 11.3 Å². The van der Waals surface area contributed by atoms with E-state index in [1.54, 1.807) is 38.1 Å². The molecule has 0 unspecified atom stereocenters. The van der Waals surface area contributed by atoms with E-state index in [2.05, 4.69) is 37.5 Å².